The van der Waals surface area contributed by atoms with E-state index in [1.807, 2.05) is 0 Å². The van der Waals surface area contributed by atoms with Gasteiger partial charge in [-0.15, -0.1) is 0 Å². The molecule has 0 rings (SSSR count). The van der Waals surface area contributed by atoms with Crippen LogP contribution >= 0.6 is 0 Å². The summed E-state index contributed by atoms with van der Waals surface area (Å²) in [6, 6.07) is 0. The van der Waals surface area contributed by atoms with Gasteiger partial charge in [-0.05, 0) is 0 Å². The second kappa shape index (κ2) is 89.0. The van der Waals surface area contributed by atoms with Crippen LogP contribution in [0.3, 0.4) is 0 Å². The van der Waals surface area contributed by atoms with E-state index in [2.05, 4.69) is 0 Å². The van der Waals surface area contributed by atoms with E-state index in [-0.39, 0.29) is 68.5 Å². The first-order valence-electron chi connectivity index (χ1n) is 0. The predicted octanol–water partition coefficient (Wildman–Crippen LogP) is -2.30. The summed E-state index contributed by atoms with van der Waals surface area (Å²) in [7, 11) is 0. The van der Waals surface area contributed by atoms with Gasteiger partial charge in [-0.3, -0.25) is 0 Å². The third-order valence-corrected chi connectivity index (χ3v) is 0. The van der Waals surface area contributed by atoms with Gasteiger partial charge < -0.3 is 16.4 Å². The molecule has 0 spiro atoms. The van der Waals surface area contributed by atoms with E-state index in [0.29, 0.717) is 0 Å². The fourth-order valence-corrected chi connectivity index (χ4v) is 0. The molecule has 0 aliphatic heterocycles. The van der Waals surface area contributed by atoms with E-state index in [4.69, 9.17) is 0 Å². The van der Waals surface area contributed by atoms with Gasteiger partial charge in [0.2, 0.25) is 0 Å². The van der Waals surface area contributed by atoms with Crippen LogP contribution in [0.4, 0.5) is 0 Å². The normalized spacial score (nSPS) is 0. The van der Waals surface area contributed by atoms with Crippen LogP contribution in [0.25, 0.3) is 0 Å². The van der Waals surface area contributed by atoms with Gasteiger partial charge in [0.05, 0.1) is 0 Å². The molecule has 6 heavy (non-hydrogen) atoms. The molecule has 6 heteroatoms. The topological polar surface area (TPSA) is 85.5 Å². The molecule has 0 aliphatic carbocycles. The van der Waals surface area contributed by atoms with Crippen molar-refractivity contribution in [3.63, 3.8) is 0 Å². The largest absolute Gasteiger partial charge is 3.00 e. The first kappa shape index (κ1) is 144. The summed E-state index contributed by atoms with van der Waals surface area (Å²) in [5.41, 5.74) is 0. The Morgan fingerprint density at radius 2 is 0.500 bits per heavy atom. The van der Waals surface area contributed by atoms with Crippen molar-refractivity contribution in [2.24, 2.45) is 0 Å². The van der Waals surface area contributed by atoms with Crippen LogP contribution in [0.1, 0.15) is 0 Å². The average Bonchev–Trinajstić information content (AvgIpc) is 0. The van der Waals surface area contributed by atoms with Gasteiger partial charge >= 0.3 is 34.7 Å². The molecule has 0 aromatic carbocycles. The molecular weight excluding hydrogens is 129 g/mol. The molecule has 0 amide bonds. The van der Waals surface area contributed by atoms with E-state index >= 15 is 0 Å². The van der Waals surface area contributed by atoms with Crippen LogP contribution in [-0.4, -0.2) is 52.1 Å². The summed E-state index contributed by atoms with van der Waals surface area (Å²) in [4.78, 5) is 0. The number of hydrogen-bond acceptors (Lipinski definition) is 0. The van der Waals surface area contributed by atoms with E-state index in [1.54, 1.807) is 0 Å². The molecule has 30 valence electrons. The quantitative estimate of drug-likeness (QED) is 0.332. The Hall–Kier alpha value is 1.48. The monoisotopic (exact) mass is 132 g/mol. The second-order valence-corrected chi connectivity index (χ2v) is 0. The van der Waals surface area contributed by atoms with Gasteiger partial charge in [-0.1, -0.05) is 0 Å². The molecule has 0 aliphatic rings. The van der Waals surface area contributed by atoms with Crippen LogP contribution in [0, 0.1) is 0 Å². The molecule has 0 N–H and O–H groups in total. The van der Waals surface area contributed by atoms with E-state index in [0.717, 1.165) is 0 Å². The fourth-order valence-electron chi connectivity index (χ4n) is 0. The molecule has 0 unspecified atom stereocenters. The van der Waals surface area contributed by atoms with Crippen molar-refractivity contribution < 1.29 is 16.4 Å². The average molecular weight is 132 g/mol. The Morgan fingerprint density at radius 1 is 0.500 bits per heavy atom. The first-order chi connectivity index (χ1) is 0. The van der Waals surface area contributed by atoms with Crippen molar-refractivity contribution in [1.29, 1.82) is 0 Å². The minimum atomic E-state index is 0. The zero-order valence-corrected chi connectivity index (χ0v) is 4.69. The van der Waals surface area contributed by atoms with Crippen molar-refractivity contribution >= 4 is 52.1 Å². The Kier molecular flexibility index (Phi) is 2130. The van der Waals surface area contributed by atoms with Gasteiger partial charge in [-0.25, -0.2) is 0 Å². The van der Waals surface area contributed by atoms with Crippen molar-refractivity contribution in [3.8, 4) is 0 Å². The smallest absolute Gasteiger partial charge is 2.00 e. The maximum Gasteiger partial charge on any atom is 3.00 e. The van der Waals surface area contributed by atoms with Crippen LogP contribution in [0.2, 0.25) is 0 Å². The van der Waals surface area contributed by atoms with Crippen molar-refractivity contribution in [2.45, 2.75) is 0 Å². The molecule has 0 saturated carbocycles. The molecule has 0 heterocycles. The van der Waals surface area contributed by atoms with Gasteiger partial charge in [0, 0.05) is 0 Å². The molecule has 0 aromatic heterocycles. The summed E-state index contributed by atoms with van der Waals surface area (Å²) >= 11 is 0. The Balaban J connectivity index is 0. The summed E-state index contributed by atoms with van der Waals surface area (Å²) in [6.07, 6.45) is 0. The minimum absolute atomic E-state index is 0. The first-order valence-corrected chi connectivity index (χ1v) is 0. The van der Waals surface area contributed by atoms with Gasteiger partial charge in [-0.2, -0.15) is 0 Å². The van der Waals surface area contributed by atoms with E-state index in [9.17, 15) is 0 Å². The zero-order valence-electron chi connectivity index (χ0n) is 2.38. The Morgan fingerprint density at radius 3 is 0.500 bits per heavy atom. The maximum atomic E-state index is 0. The number of rotatable bonds is 0. The van der Waals surface area contributed by atoms with Crippen molar-refractivity contribution in [2.75, 3.05) is 0 Å². The van der Waals surface area contributed by atoms with E-state index in [1.165, 1.54) is 0 Å². The number of hydrogen-bond donors (Lipinski definition) is 0. The zero-order chi connectivity index (χ0) is 0. The van der Waals surface area contributed by atoms with Crippen LogP contribution in [0.15, 0.2) is 0 Å². The fraction of sp³-hybridized carbons (Fsp3) is 0. The Bertz CT molecular complexity index is 6.00. The molecule has 3 nitrogen and oxygen atoms in total. The molecule has 0 bridgehead atoms. The molecular formula is H3Al3O3. The molecule has 0 fully saturated rings. The van der Waals surface area contributed by atoms with Crippen molar-refractivity contribution in [3.05, 3.63) is 0 Å². The summed E-state index contributed by atoms with van der Waals surface area (Å²) in [5, 5.41) is 0. The Labute approximate surface area is 68.4 Å². The maximum absolute atomic E-state index is 0. The molecule has 0 aromatic rings. The van der Waals surface area contributed by atoms with Crippen molar-refractivity contribution in [1.82, 2.24) is 0 Å². The van der Waals surface area contributed by atoms with Crippen LogP contribution < -0.4 is 0 Å². The van der Waals surface area contributed by atoms with Gasteiger partial charge in [0.15, 0.2) is 17.4 Å². The molecule has 0 atom stereocenters. The minimum Gasteiger partial charge on any atom is -2.00 e. The van der Waals surface area contributed by atoms with Crippen LogP contribution in [-0.2, 0) is 16.4 Å². The van der Waals surface area contributed by atoms with Crippen LogP contribution in [0.5, 0.6) is 0 Å². The van der Waals surface area contributed by atoms with E-state index < -0.39 is 0 Å². The van der Waals surface area contributed by atoms with Gasteiger partial charge in [0.25, 0.3) is 0 Å². The third-order valence-electron chi connectivity index (χ3n) is 0. The third kappa shape index (κ3) is 50.3. The summed E-state index contributed by atoms with van der Waals surface area (Å²) in [6.45, 7) is 0. The second-order valence-electron chi connectivity index (χ2n) is 0. The summed E-state index contributed by atoms with van der Waals surface area (Å²) < 4.78 is 0. The van der Waals surface area contributed by atoms with Gasteiger partial charge in [0.1, 0.15) is 0 Å². The summed E-state index contributed by atoms with van der Waals surface area (Å²) in [5.74, 6) is 0. The SMILES string of the molecule is [Al+3].[Al+3].[AlH3].[O-2].[O-2].[O-2]. The molecule has 0 saturated heterocycles. The molecule has 0 radical (unpaired) electrons. The standard InChI is InChI=1S/3Al.3O.3H/q;2*+3;3*-2;;;. The predicted molar refractivity (Wildman–Crippen MR) is 23.5 cm³/mol.